The van der Waals surface area contributed by atoms with Crippen LogP contribution in [0.4, 0.5) is 0 Å². The predicted octanol–water partition coefficient (Wildman–Crippen LogP) is 3.74. The van der Waals surface area contributed by atoms with Crippen molar-refractivity contribution in [3.05, 3.63) is 58.1 Å². The van der Waals surface area contributed by atoms with E-state index in [9.17, 15) is 9.59 Å². The van der Waals surface area contributed by atoms with Gasteiger partial charge in [0.2, 0.25) is 0 Å². The first-order valence-corrected chi connectivity index (χ1v) is 9.90. The Morgan fingerprint density at radius 3 is 2.11 bits per heavy atom. The number of benzene rings is 2. The van der Waals surface area contributed by atoms with E-state index in [2.05, 4.69) is 47.6 Å². The van der Waals surface area contributed by atoms with Crippen molar-refractivity contribution in [3.63, 3.8) is 0 Å². The summed E-state index contributed by atoms with van der Waals surface area (Å²) in [4.78, 5) is 23.6. The van der Waals surface area contributed by atoms with Gasteiger partial charge >= 0.3 is 0 Å². The van der Waals surface area contributed by atoms with Gasteiger partial charge in [-0.15, -0.1) is 0 Å². The van der Waals surface area contributed by atoms with Crippen LogP contribution in [0.1, 0.15) is 37.8 Å². The number of carbonyl (C=O) groups is 2. The van der Waals surface area contributed by atoms with E-state index < -0.39 is 11.8 Å². The summed E-state index contributed by atoms with van der Waals surface area (Å²) in [5.74, 6) is 0.618. The van der Waals surface area contributed by atoms with Gasteiger partial charge in [0.25, 0.3) is 11.8 Å². The second-order valence-corrected chi connectivity index (χ2v) is 7.37. The molecular formula is C21H25BrN2O4. The number of nitrogens with one attached hydrogen (secondary N) is 2. The van der Waals surface area contributed by atoms with E-state index >= 15 is 0 Å². The highest BCUT2D eigenvalue weighted by Crippen LogP contribution is 2.28. The molecule has 0 spiro atoms. The van der Waals surface area contributed by atoms with Gasteiger partial charge < -0.3 is 9.47 Å². The second kappa shape index (κ2) is 10.7. The molecule has 2 amide bonds. The Bertz CT molecular complexity index is 807. The number of aryl methyl sites for hydroxylation is 1. The van der Waals surface area contributed by atoms with E-state index in [1.54, 1.807) is 12.1 Å². The molecule has 0 atom stereocenters. The molecule has 28 heavy (non-hydrogen) atoms. The smallest absolute Gasteiger partial charge is 0.276 e. The lowest BCUT2D eigenvalue weighted by Crippen LogP contribution is -2.45. The molecule has 0 aliphatic heterocycles. The Kier molecular flexibility index (Phi) is 8.32. The summed E-state index contributed by atoms with van der Waals surface area (Å²) in [5.41, 5.74) is 6.95. The molecule has 150 valence electrons. The third-order valence-corrected chi connectivity index (χ3v) is 4.64. The van der Waals surface area contributed by atoms with Gasteiger partial charge in [-0.1, -0.05) is 39.0 Å². The molecule has 2 rings (SSSR count). The second-order valence-electron chi connectivity index (χ2n) is 6.52. The predicted molar refractivity (Wildman–Crippen MR) is 111 cm³/mol. The third-order valence-electron chi connectivity index (χ3n) is 4.02. The van der Waals surface area contributed by atoms with Crippen LogP contribution in [0.3, 0.4) is 0 Å². The molecule has 2 aromatic carbocycles. The van der Waals surface area contributed by atoms with Crippen molar-refractivity contribution in [2.75, 3.05) is 13.2 Å². The van der Waals surface area contributed by atoms with Crippen molar-refractivity contribution in [3.8, 4) is 11.5 Å². The summed E-state index contributed by atoms with van der Waals surface area (Å²) in [7, 11) is 0. The maximum absolute atomic E-state index is 11.8. The van der Waals surface area contributed by atoms with E-state index in [0.717, 1.165) is 10.9 Å². The van der Waals surface area contributed by atoms with Crippen LogP contribution in [0.15, 0.2) is 46.9 Å². The molecule has 6 nitrogen and oxygen atoms in total. The highest BCUT2D eigenvalue weighted by Gasteiger charge is 2.09. The van der Waals surface area contributed by atoms with E-state index in [0.29, 0.717) is 17.4 Å². The minimum absolute atomic E-state index is 0.200. The molecule has 0 aliphatic rings. The van der Waals surface area contributed by atoms with Gasteiger partial charge in [-0.2, -0.15) is 0 Å². The average molecular weight is 449 g/mol. The van der Waals surface area contributed by atoms with Gasteiger partial charge in [-0.05, 0) is 63.7 Å². The standard InChI is InChI=1S/C21H25BrN2O4/c1-4-15-5-8-17(9-6-15)27-12-20(25)23-24-21(26)13-28-19-10-7-16(14(2)3)11-18(19)22/h5-11,14H,4,12-13H2,1-3H3,(H,23,25)(H,24,26). The monoisotopic (exact) mass is 448 g/mol. The van der Waals surface area contributed by atoms with Gasteiger partial charge in [0.1, 0.15) is 11.5 Å². The molecule has 0 saturated heterocycles. The molecular weight excluding hydrogens is 424 g/mol. The number of carbonyl (C=O) groups excluding carboxylic acids is 2. The summed E-state index contributed by atoms with van der Waals surface area (Å²) in [6.45, 7) is 5.84. The zero-order chi connectivity index (χ0) is 20.5. The van der Waals surface area contributed by atoms with Crippen LogP contribution in [0.25, 0.3) is 0 Å². The van der Waals surface area contributed by atoms with Crippen LogP contribution in [0.2, 0.25) is 0 Å². The lowest BCUT2D eigenvalue weighted by atomic mass is 10.0. The number of hydrazine groups is 1. The normalized spacial score (nSPS) is 10.5. The molecule has 0 heterocycles. The van der Waals surface area contributed by atoms with Gasteiger partial charge in [0.15, 0.2) is 13.2 Å². The molecule has 0 bridgehead atoms. The highest BCUT2D eigenvalue weighted by atomic mass is 79.9. The van der Waals surface area contributed by atoms with Crippen LogP contribution in [0.5, 0.6) is 11.5 Å². The Morgan fingerprint density at radius 1 is 0.964 bits per heavy atom. The van der Waals surface area contributed by atoms with Crippen molar-refractivity contribution in [2.45, 2.75) is 33.1 Å². The van der Waals surface area contributed by atoms with Crippen molar-refractivity contribution in [1.29, 1.82) is 0 Å². The molecule has 0 aliphatic carbocycles. The van der Waals surface area contributed by atoms with Crippen LogP contribution in [-0.4, -0.2) is 25.0 Å². The van der Waals surface area contributed by atoms with E-state index in [1.807, 2.05) is 30.3 Å². The molecule has 7 heteroatoms. The Morgan fingerprint density at radius 2 is 1.57 bits per heavy atom. The Balaban J connectivity index is 1.70. The fourth-order valence-corrected chi connectivity index (χ4v) is 2.83. The lowest BCUT2D eigenvalue weighted by Gasteiger charge is -2.12. The van der Waals surface area contributed by atoms with Gasteiger partial charge in [-0.25, -0.2) is 0 Å². The summed E-state index contributed by atoms with van der Waals surface area (Å²) >= 11 is 3.44. The minimum atomic E-state index is -0.472. The number of rotatable bonds is 8. The Labute approximate surface area is 173 Å². The zero-order valence-corrected chi connectivity index (χ0v) is 17.8. The highest BCUT2D eigenvalue weighted by molar-refractivity contribution is 9.10. The quantitative estimate of drug-likeness (QED) is 0.602. The number of amides is 2. The van der Waals surface area contributed by atoms with Crippen molar-refractivity contribution < 1.29 is 19.1 Å². The molecule has 0 fully saturated rings. The van der Waals surface area contributed by atoms with Crippen LogP contribution >= 0.6 is 15.9 Å². The van der Waals surface area contributed by atoms with Gasteiger partial charge in [0.05, 0.1) is 4.47 Å². The Hall–Kier alpha value is -2.54. The number of hydrogen-bond acceptors (Lipinski definition) is 4. The van der Waals surface area contributed by atoms with Crippen LogP contribution in [0, 0.1) is 0 Å². The maximum Gasteiger partial charge on any atom is 0.276 e. The average Bonchev–Trinajstić information content (AvgIpc) is 2.70. The van der Waals surface area contributed by atoms with Gasteiger partial charge in [0, 0.05) is 0 Å². The van der Waals surface area contributed by atoms with E-state index in [-0.39, 0.29) is 13.2 Å². The van der Waals surface area contributed by atoms with E-state index in [4.69, 9.17) is 9.47 Å². The number of halogens is 1. The number of hydrogen-bond donors (Lipinski definition) is 2. The van der Waals surface area contributed by atoms with Crippen molar-refractivity contribution in [1.82, 2.24) is 10.9 Å². The van der Waals surface area contributed by atoms with E-state index in [1.165, 1.54) is 11.1 Å². The van der Waals surface area contributed by atoms with Crippen LogP contribution in [-0.2, 0) is 16.0 Å². The fourth-order valence-electron chi connectivity index (χ4n) is 2.32. The third kappa shape index (κ3) is 6.88. The number of ether oxygens (including phenoxy) is 2. The summed E-state index contributed by atoms with van der Waals surface area (Å²) in [6.07, 6.45) is 0.938. The zero-order valence-electron chi connectivity index (χ0n) is 16.3. The molecule has 0 radical (unpaired) electrons. The summed E-state index contributed by atoms with van der Waals surface area (Å²) in [5, 5.41) is 0. The first kappa shape index (κ1) is 21.8. The topological polar surface area (TPSA) is 76.7 Å². The first-order chi connectivity index (χ1) is 13.4. The first-order valence-electron chi connectivity index (χ1n) is 9.10. The molecule has 0 saturated carbocycles. The molecule has 0 unspecified atom stereocenters. The lowest BCUT2D eigenvalue weighted by molar-refractivity contribution is -0.131. The summed E-state index contributed by atoms with van der Waals surface area (Å²) < 4.78 is 11.6. The molecule has 0 aromatic heterocycles. The van der Waals surface area contributed by atoms with Crippen molar-refractivity contribution in [2.24, 2.45) is 0 Å². The minimum Gasteiger partial charge on any atom is -0.484 e. The molecule has 2 N–H and O–H groups in total. The fraction of sp³-hybridized carbons (Fsp3) is 0.333. The summed E-state index contributed by atoms with van der Waals surface area (Å²) in [6, 6.07) is 13.2. The largest absolute Gasteiger partial charge is 0.484 e. The maximum atomic E-state index is 11.8. The van der Waals surface area contributed by atoms with Crippen molar-refractivity contribution >= 4 is 27.7 Å². The molecule has 2 aromatic rings. The van der Waals surface area contributed by atoms with Gasteiger partial charge in [-0.3, -0.25) is 20.4 Å². The SMILES string of the molecule is CCc1ccc(OCC(=O)NNC(=O)COc2ccc(C(C)C)cc2Br)cc1. The van der Waals surface area contributed by atoms with Crippen LogP contribution < -0.4 is 20.3 Å².